The summed E-state index contributed by atoms with van der Waals surface area (Å²) in [6.45, 7) is 0. The van der Waals surface area contributed by atoms with Gasteiger partial charge in [0, 0.05) is 0 Å². The van der Waals surface area contributed by atoms with E-state index in [0.717, 1.165) is 0 Å². The first kappa shape index (κ1) is 90.9. The minimum Gasteiger partial charge on any atom is -2.00 e. The maximum atomic E-state index is 8.25. The number of rotatable bonds is 0. The minimum absolute atomic E-state index is 0. The molecule has 0 atom stereocenters. The topological polar surface area (TPSA) is 410 Å². The van der Waals surface area contributed by atoms with E-state index in [-0.39, 0.29) is 106 Å². The Labute approximate surface area is 186 Å². The van der Waals surface area contributed by atoms with Gasteiger partial charge >= 0.3 is 78.6 Å². The molecule has 24 heteroatoms. The van der Waals surface area contributed by atoms with Gasteiger partial charge in [-0.3, -0.25) is 0 Å². The summed E-state index contributed by atoms with van der Waals surface area (Å²) in [5.41, 5.74) is 0. The van der Waals surface area contributed by atoms with E-state index in [1.165, 1.54) is 0 Å². The van der Waals surface area contributed by atoms with Crippen LogP contribution < -0.4 is 0 Å². The third kappa shape index (κ3) is 15500. The second-order valence-corrected chi connectivity index (χ2v) is 0.894. The van der Waals surface area contributed by atoms with Crippen molar-refractivity contribution in [1.82, 2.24) is 0 Å². The summed E-state index contributed by atoms with van der Waals surface area (Å²) in [5, 5.41) is 59.0. The molecule has 0 rings (SSSR count). The predicted molar refractivity (Wildman–Crippen MR) is 47.8 cm³/mol. The standard InChI is InChI=1S/4NO3.H2O.4O.3Zr/c4*2-1(3)4;;;;;;;;/h;;;;1H2;;;;;;;/q4*-1;;4*-2;3*+4. The van der Waals surface area contributed by atoms with E-state index in [4.69, 9.17) is 61.3 Å². The Morgan fingerprint density at radius 3 is 0.375 bits per heavy atom. The minimum atomic E-state index is -1.75. The van der Waals surface area contributed by atoms with Crippen molar-refractivity contribution < 1.29 is 126 Å². The summed E-state index contributed by atoms with van der Waals surface area (Å²) in [4.78, 5) is 33.0. The summed E-state index contributed by atoms with van der Waals surface area (Å²) in [6.07, 6.45) is 0. The Morgan fingerprint density at radius 2 is 0.375 bits per heavy atom. The Balaban J connectivity index is -0.00000000720. The number of nitrogens with zero attached hydrogens (tertiary/aromatic N) is 4. The van der Waals surface area contributed by atoms with Crippen LogP contribution in [-0.4, -0.2) is 25.8 Å². The average Bonchev–Trinajstić information content (AvgIpc) is 1.76. The zero-order valence-electron chi connectivity index (χ0n) is 10.3. The van der Waals surface area contributed by atoms with Gasteiger partial charge in [0.05, 0.1) is 20.3 Å². The Morgan fingerprint density at radius 1 is 0.375 bits per heavy atom. The van der Waals surface area contributed by atoms with Gasteiger partial charge in [0.2, 0.25) is 0 Å². The van der Waals surface area contributed by atoms with Crippen LogP contribution in [-0.2, 0) is 101 Å². The summed E-state index contributed by atoms with van der Waals surface area (Å²) < 4.78 is 0. The van der Waals surface area contributed by atoms with Crippen LogP contribution in [0.2, 0.25) is 0 Å². The van der Waals surface area contributed by atoms with E-state index in [1.807, 2.05) is 0 Å². The van der Waals surface area contributed by atoms with Crippen molar-refractivity contribution in [3.05, 3.63) is 61.3 Å². The summed E-state index contributed by atoms with van der Waals surface area (Å²) in [5.74, 6) is 0. The molecule has 0 bridgehead atoms. The van der Waals surface area contributed by atoms with Crippen molar-refractivity contribution in [3.63, 3.8) is 0 Å². The summed E-state index contributed by atoms with van der Waals surface area (Å²) >= 11 is 0. The maximum absolute atomic E-state index is 8.25. The van der Waals surface area contributed by atoms with Gasteiger partial charge in [0.1, 0.15) is 0 Å². The molecule has 0 fully saturated rings. The molecule has 0 saturated heterocycles. The largest absolute Gasteiger partial charge is 4.00 e. The molecule has 0 aliphatic carbocycles. The molecule has 0 aromatic rings. The van der Waals surface area contributed by atoms with Gasteiger partial charge in [-0.05, 0) is 0 Å². The molecule has 0 aromatic heterocycles. The monoisotopic (exact) mass is 600 g/mol. The molecule has 2 N–H and O–H groups in total. The van der Waals surface area contributed by atoms with Gasteiger partial charge in [-0.25, -0.2) is 0 Å². The molecular weight excluding hydrogens is 602 g/mol. The number of hydrogen-bond acceptors (Lipinski definition) is 12. The van der Waals surface area contributed by atoms with Crippen molar-refractivity contribution in [1.29, 1.82) is 0 Å². The zero-order valence-corrected chi connectivity index (χ0v) is 17.7. The Kier molecular flexibility index (Phi) is 301. The zero-order chi connectivity index (χ0) is 14.3. The van der Waals surface area contributed by atoms with Gasteiger partial charge in [0.25, 0.3) is 0 Å². The average molecular weight is 604 g/mol. The maximum Gasteiger partial charge on any atom is 4.00 e. The van der Waals surface area contributed by atoms with E-state index in [1.54, 1.807) is 0 Å². The molecule has 0 amide bonds. The van der Waals surface area contributed by atoms with E-state index in [9.17, 15) is 0 Å². The van der Waals surface area contributed by atoms with Crippen molar-refractivity contribution in [2.24, 2.45) is 0 Å². The quantitative estimate of drug-likeness (QED) is 0.209. The van der Waals surface area contributed by atoms with Crippen molar-refractivity contribution in [2.75, 3.05) is 0 Å². The fourth-order valence-corrected chi connectivity index (χ4v) is 0. The van der Waals surface area contributed by atoms with Crippen LogP contribution in [0, 0.1) is 61.3 Å². The molecule has 0 aromatic carbocycles. The molecule has 0 saturated carbocycles. The van der Waals surface area contributed by atoms with Crippen molar-refractivity contribution in [2.45, 2.75) is 0 Å². The first-order chi connectivity index (χ1) is 6.93. The fraction of sp³-hybridized carbons (Fsp3) is 0. The van der Waals surface area contributed by atoms with Gasteiger partial charge in [-0.2, -0.15) is 0 Å². The molecule has 24 heavy (non-hydrogen) atoms. The van der Waals surface area contributed by atoms with Crippen LogP contribution in [0.3, 0.4) is 0 Å². The third-order valence-corrected chi connectivity index (χ3v) is 0. The molecule has 21 nitrogen and oxygen atoms in total. The van der Waals surface area contributed by atoms with Crippen LogP contribution in [0.15, 0.2) is 0 Å². The SMILES string of the molecule is O.O=[N+]([O-])[O-].O=[N+]([O-])[O-].O=[N+]([O-])[O-].O=[N+]([O-])[O-].[O-2].[O-2].[O-2].[O-2].[Zr+4].[Zr+4].[Zr+4]. The molecular formula is H2N4O17Zr3. The van der Waals surface area contributed by atoms with E-state index < -0.39 is 20.3 Å². The second kappa shape index (κ2) is 79.4. The number of hydrogen-bond donors (Lipinski definition) is 0. The van der Waals surface area contributed by atoms with Crippen LogP contribution >= 0.6 is 0 Å². The van der Waals surface area contributed by atoms with Gasteiger partial charge in [-0.1, -0.05) is 0 Å². The van der Waals surface area contributed by atoms with Gasteiger partial charge in [0.15, 0.2) is 0 Å². The molecule has 0 unspecified atom stereocenters. The van der Waals surface area contributed by atoms with Crippen molar-refractivity contribution in [3.8, 4) is 0 Å². The molecule has 0 heterocycles. The van der Waals surface area contributed by atoms with Crippen LogP contribution in [0.5, 0.6) is 0 Å². The van der Waals surface area contributed by atoms with E-state index in [0.29, 0.717) is 0 Å². The molecule has 136 valence electrons. The van der Waals surface area contributed by atoms with Gasteiger partial charge < -0.3 is 88.7 Å². The fourth-order valence-electron chi connectivity index (χ4n) is 0. The Hall–Kier alpha value is -0.751. The van der Waals surface area contributed by atoms with Crippen LogP contribution in [0.4, 0.5) is 0 Å². The predicted octanol–water partition coefficient (Wildman–Crippen LogP) is -2.26. The smallest absolute Gasteiger partial charge is 2.00 e. The third-order valence-electron chi connectivity index (χ3n) is 0. The van der Waals surface area contributed by atoms with E-state index >= 15 is 0 Å². The van der Waals surface area contributed by atoms with Crippen molar-refractivity contribution >= 4 is 0 Å². The normalized spacial score (nSPS) is 4.00. The summed E-state index contributed by atoms with van der Waals surface area (Å²) in [6, 6.07) is 0. The van der Waals surface area contributed by atoms with E-state index in [2.05, 4.69) is 0 Å². The molecule has 0 aliphatic heterocycles. The Bertz CT molecular complexity index is 168. The molecule has 0 radical (unpaired) electrons. The first-order valence-corrected chi connectivity index (χ1v) is 2.19. The van der Waals surface area contributed by atoms with Crippen LogP contribution in [0.25, 0.3) is 0 Å². The second-order valence-electron chi connectivity index (χ2n) is 0.894. The van der Waals surface area contributed by atoms with Gasteiger partial charge in [-0.15, -0.1) is 0 Å². The molecule has 0 spiro atoms. The first-order valence-electron chi connectivity index (χ1n) is 2.19. The molecule has 0 aliphatic rings. The summed E-state index contributed by atoms with van der Waals surface area (Å²) in [7, 11) is 0. The van der Waals surface area contributed by atoms with Crippen LogP contribution in [0.1, 0.15) is 0 Å².